The van der Waals surface area contributed by atoms with Crippen molar-refractivity contribution in [2.24, 2.45) is 4.99 Å². The van der Waals surface area contributed by atoms with Crippen molar-refractivity contribution >= 4 is 37.5 Å². The molecular weight excluding hydrogens is 446 g/mol. The van der Waals surface area contributed by atoms with Crippen molar-refractivity contribution in [1.29, 1.82) is 0 Å². The molecule has 0 radical (unpaired) electrons. The van der Waals surface area contributed by atoms with Gasteiger partial charge in [0.1, 0.15) is 0 Å². The van der Waals surface area contributed by atoms with E-state index in [-0.39, 0.29) is 4.90 Å². The third kappa shape index (κ3) is 4.56. The topological polar surface area (TPSA) is 81.0 Å². The molecule has 0 spiro atoms. The molecule has 1 fully saturated rings. The predicted molar refractivity (Wildman–Crippen MR) is 125 cm³/mol. The number of aryl methyl sites for hydroxylation is 1. The first-order valence-corrected chi connectivity index (χ1v) is 12.9. The number of carbonyl (C=O) groups is 1. The molecule has 32 heavy (non-hydrogen) atoms. The van der Waals surface area contributed by atoms with E-state index in [0.29, 0.717) is 36.6 Å². The van der Waals surface area contributed by atoms with Gasteiger partial charge in [-0.1, -0.05) is 29.9 Å². The van der Waals surface area contributed by atoms with E-state index in [4.69, 9.17) is 4.74 Å². The first-order valence-electron chi connectivity index (χ1n) is 10.7. The Hall–Kier alpha value is -2.33. The Kier molecular flexibility index (Phi) is 6.90. The van der Waals surface area contributed by atoms with Gasteiger partial charge in [-0.2, -0.15) is 9.30 Å². The van der Waals surface area contributed by atoms with Gasteiger partial charge in [0.2, 0.25) is 10.0 Å². The van der Waals surface area contributed by atoms with Crippen molar-refractivity contribution in [3.05, 3.63) is 58.4 Å². The molecule has 0 aliphatic carbocycles. The molecule has 0 unspecified atom stereocenters. The number of para-hydroxylation sites is 1. The van der Waals surface area contributed by atoms with Crippen LogP contribution in [0.25, 0.3) is 10.2 Å². The second-order valence-corrected chi connectivity index (χ2v) is 10.8. The Morgan fingerprint density at radius 3 is 2.50 bits per heavy atom. The highest BCUT2D eigenvalue weighted by molar-refractivity contribution is 7.89. The van der Waals surface area contributed by atoms with Gasteiger partial charge in [-0.15, -0.1) is 0 Å². The summed E-state index contributed by atoms with van der Waals surface area (Å²) in [6.45, 7) is 4.22. The second kappa shape index (κ2) is 9.66. The maximum Gasteiger partial charge on any atom is 0.279 e. The molecule has 1 aromatic heterocycles. The number of hydrogen-bond acceptors (Lipinski definition) is 5. The quantitative estimate of drug-likeness (QED) is 0.548. The maximum absolute atomic E-state index is 12.9. The van der Waals surface area contributed by atoms with E-state index in [1.165, 1.54) is 27.8 Å². The van der Waals surface area contributed by atoms with Gasteiger partial charge in [0.15, 0.2) is 4.80 Å². The molecular formula is C23H27N3O4S2. The van der Waals surface area contributed by atoms with Gasteiger partial charge in [-0.05, 0) is 55.7 Å². The third-order valence-corrected chi connectivity index (χ3v) is 8.63. The fourth-order valence-corrected chi connectivity index (χ4v) is 6.61. The number of hydrogen-bond donors (Lipinski definition) is 0. The van der Waals surface area contributed by atoms with E-state index in [1.54, 1.807) is 19.2 Å². The van der Waals surface area contributed by atoms with Crippen molar-refractivity contribution in [2.75, 3.05) is 26.8 Å². The number of thiazole rings is 1. The summed E-state index contributed by atoms with van der Waals surface area (Å²) in [5.74, 6) is -0.401. The third-order valence-electron chi connectivity index (χ3n) is 5.67. The number of benzene rings is 2. The lowest BCUT2D eigenvalue weighted by molar-refractivity contribution is 0.0997. The summed E-state index contributed by atoms with van der Waals surface area (Å²) in [5, 5.41) is 0. The smallest absolute Gasteiger partial charge is 0.279 e. The highest BCUT2D eigenvalue weighted by atomic mass is 32.2. The lowest BCUT2D eigenvalue weighted by atomic mass is 10.2. The fourth-order valence-electron chi connectivity index (χ4n) is 3.96. The molecule has 4 rings (SSSR count). The SMILES string of the molecule is COCCn1c(=NC(=O)c2ccc(S(=O)(=O)N3CCCCC3)cc2)sc2cccc(C)c21. The predicted octanol–water partition coefficient (Wildman–Crippen LogP) is 3.57. The number of ether oxygens (including phenoxy) is 1. The van der Waals surface area contributed by atoms with Crippen molar-refractivity contribution < 1.29 is 17.9 Å². The van der Waals surface area contributed by atoms with Crippen molar-refractivity contribution in [2.45, 2.75) is 37.6 Å². The van der Waals surface area contributed by atoms with Crippen molar-refractivity contribution in [3.8, 4) is 0 Å². The van der Waals surface area contributed by atoms with Crippen LogP contribution >= 0.6 is 11.3 Å². The summed E-state index contributed by atoms with van der Waals surface area (Å²) in [7, 11) is -1.88. The standard InChI is InChI=1S/C23H27N3O4S2/c1-17-7-6-8-20-21(17)26(15-16-30-2)23(31-20)24-22(27)18-9-11-19(12-10-18)32(28,29)25-13-4-3-5-14-25/h6-12H,3-5,13-16H2,1-2H3. The number of sulfonamides is 1. The van der Waals surface area contributed by atoms with Crippen LogP contribution in [-0.4, -0.2) is 50.0 Å². The zero-order valence-corrected chi connectivity index (χ0v) is 19.9. The van der Waals surface area contributed by atoms with Crippen molar-refractivity contribution in [1.82, 2.24) is 8.87 Å². The minimum Gasteiger partial charge on any atom is -0.383 e. The Labute approximate surface area is 192 Å². The van der Waals surface area contributed by atoms with Crippen LogP contribution in [-0.2, 0) is 21.3 Å². The Morgan fingerprint density at radius 2 is 1.81 bits per heavy atom. The van der Waals surface area contributed by atoms with Crippen LogP contribution in [0.5, 0.6) is 0 Å². The molecule has 9 heteroatoms. The molecule has 170 valence electrons. The molecule has 0 bridgehead atoms. The van der Waals surface area contributed by atoms with Crippen LogP contribution < -0.4 is 4.80 Å². The van der Waals surface area contributed by atoms with E-state index < -0.39 is 15.9 Å². The molecule has 1 aliphatic heterocycles. The lowest BCUT2D eigenvalue weighted by Gasteiger charge is -2.25. The van der Waals surface area contributed by atoms with E-state index in [1.807, 2.05) is 29.7 Å². The monoisotopic (exact) mass is 473 g/mol. The molecule has 0 N–H and O–H groups in total. The lowest BCUT2D eigenvalue weighted by Crippen LogP contribution is -2.35. The summed E-state index contributed by atoms with van der Waals surface area (Å²) < 4.78 is 35.5. The molecule has 2 heterocycles. The molecule has 1 saturated heterocycles. The normalized spacial score (nSPS) is 16.0. The van der Waals surface area contributed by atoms with Gasteiger partial charge in [0.25, 0.3) is 5.91 Å². The number of amides is 1. The van der Waals surface area contributed by atoms with Gasteiger partial charge in [0, 0.05) is 32.3 Å². The van der Waals surface area contributed by atoms with Crippen LogP contribution in [0.2, 0.25) is 0 Å². The molecule has 3 aromatic rings. The number of rotatable bonds is 6. The zero-order chi connectivity index (χ0) is 22.7. The Balaban J connectivity index is 1.65. The number of nitrogens with zero attached hydrogens (tertiary/aromatic N) is 3. The summed E-state index contributed by atoms with van der Waals surface area (Å²) in [4.78, 5) is 18.1. The van der Waals surface area contributed by atoms with E-state index >= 15 is 0 Å². The summed E-state index contributed by atoms with van der Waals surface area (Å²) in [6, 6.07) is 12.1. The fraction of sp³-hybridized carbons (Fsp3) is 0.391. The number of methoxy groups -OCH3 is 1. The molecule has 0 atom stereocenters. The molecule has 2 aromatic carbocycles. The first-order chi connectivity index (χ1) is 15.4. The number of piperidine rings is 1. The second-order valence-electron chi connectivity index (χ2n) is 7.86. The van der Waals surface area contributed by atoms with Crippen molar-refractivity contribution in [3.63, 3.8) is 0 Å². The van der Waals surface area contributed by atoms with Crippen LogP contribution in [0.15, 0.2) is 52.4 Å². The van der Waals surface area contributed by atoms with Crippen LogP contribution in [0, 0.1) is 6.92 Å². The van der Waals surface area contributed by atoms with E-state index in [2.05, 4.69) is 4.99 Å². The Bertz CT molecular complexity index is 1290. The molecule has 1 aliphatic rings. The zero-order valence-electron chi connectivity index (χ0n) is 18.3. The largest absolute Gasteiger partial charge is 0.383 e. The van der Waals surface area contributed by atoms with Crippen LogP contribution in [0.3, 0.4) is 0 Å². The van der Waals surface area contributed by atoms with Crippen LogP contribution in [0.4, 0.5) is 0 Å². The van der Waals surface area contributed by atoms with Gasteiger partial charge in [0.05, 0.1) is 21.7 Å². The molecule has 7 nitrogen and oxygen atoms in total. The van der Waals surface area contributed by atoms with Gasteiger partial charge < -0.3 is 9.30 Å². The van der Waals surface area contributed by atoms with Gasteiger partial charge in [-0.3, -0.25) is 4.79 Å². The van der Waals surface area contributed by atoms with E-state index in [9.17, 15) is 13.2 Å². The average Bonchev–Trinajstić information content (AvgIpc) is 3.16. The van der Waals surface area contributed by atoms with Crippen LogP contribution in [0.1, 0.15) is 35.2 Å². The van der Waals surface area contributed by atoms with Gasteiger partial charge in [-0.25, -0.2) is 8.42 Å². The number of carbonyl (C=O) groups excluding carboxylic acids is 1. The van der Waals surface area contributed by atoms with Gasteiger partial charge >= 0.3 is 0 Å². The molecule has 1 amide bonds. The minimum absolute atomic E-state index is 0.212. The molecule has 0 saturated carbocycles. The Morgan fingerprint density at radius 1 is 1.09 bits per heavy atom. The van der Waals surface area contributed by atoms with E-state index in [0.717, 1.165) is 35.0 Å². The number of fused-ring (bicyclic) bond motifs is 1. The summed E-state index contributed by atoms with van der Waals surface area (Å²) in [6.07, 6.45) is 2.82. The highest BCUT2D eigenvalue weighted by Gasteiger charge is 2.26. The summed E-state index contributed by atoms with van der Waals surface area (Å²) in [5.41, 5.74) is 2.51. The first kappa shape index (κ1) is 22.8. The minimum atomic E-state index is -3.53. The average molecular weight is 474 g/mol. The maximum atomic E-state index is 12.9. The highest BCUT2D eigenvalue weighted by Crippen LogP contribution is 2.22. The number of aromatic nitrogens is 1. The summed E-state index contributed by atoms with van der Waals surface area (Å²) >= 11 is 1.46.